The van der Waals surface area contributed by atoms with Crippen molar-refractivity contribution in [2.24, 2.45) is 0 Å². The Balaban J connectivity index is 1.70. The van der Waals surface area contributed by atoms with E-state index in [1.807, 2.05) is 55.5 Å². The fourth-order valence-corrected chi connectivity index (χ4v) is 3.71. The quantitative estimate of drug-likeness (QED) is 0.305. The van der Waals surface area contributed by atoms with Crippen LogP contribution in [-0.4, -0.2) is 21.6 Å². The monoisotopic (exact) mass is 429 g/mol. The summed E-state index contributed by atoms with van der Waals surface area (Å²) in [6.07, 6.45) is 1.48. The van der Waals surface area contributed by atoms with Crippen molar-refractivity contribution in [1.29, 1.82) is 0 Å². The minimum Gasteiger partial charge on any atom is -0.497 e. The molecule has 0 aliphatic carbocycles. The van der Waals surface area contributed by atoms with E-state index in [4.69, 9.17) is 4.74 Å². The number of hydrogen-bond donors (Lipinski definition) is 0. The van der Waals surface area contributed by atoms with E-state index in [-0.39, 0.29) is 16.6 Å². The van der Waals surface area contributed by atoms with Gasteiger partial charge in [0, 0.05) is 18.6 Å². The number of nitrogens with zero attached hydrogens (tertiary/aromatic N) is 3. The van der Waals surface area contributed by atoms with Gasteiger partial charge < -0.3 is 4.74 Å². The van der Waals surface area contributed by atoms with Gasteiger partial charge in [0.15, 0.2) is 0 Å². The minimum absolute atomic E-state index is 0.116. The summed E-state index contributed by atoms with van der Waals surface area (Å²) < 4.78 is 6.83. The van der Waals surface area contributed by atoms with E-state index in [0.29, 0.717) is 24.3 Å². The Morgan fingerprint density at radius 3 is 2.25 bits per heavy atom. The normalized spacial score (nSPS) is 10.9. The number of methoxy groups -OCH3 is 1. The predicted molar refractivity (Wildman–Crippen MR) is 124 cm³/mol. The Bertz CT molecular complexity index is 1330. The summed E-state index contributed by atoms with van der Waals surface area (Å²) in [6.45, 7) is 2.38. The third-order valence-corrected chi connectivity index (χ3v) is 5.42. The van der Waals surface area contributed by atoms with Gasteiger partial charge in [-0.25, -0.2) is 4.98 Å². The molecule has 7 heteroatoms. The van der Waals surface area contributed by atoms with Gasteiger partial charge in [-0.1, -0.05) is 43.3 Å². The van der Waals surface area contributed by atoms with Crippen LogP contribution in [0.2, 0.25) is 0 Å². The van der Waals surface area contributed by atoms with Crippen LogP contribution in [0.15, 0.2) is 71.5 Å². The molecule has 1 heterocycles. The molecule has 0 spiro atoms. The van der Waals surface area contributed by atoms with Crippen molar-refractivity contribution in [1.82, 2.24) is 9.55 Å². The molecule has 3 aromatic carbocycles. The lowest BCUT2D eigenvalue weighted by Gasteiger charge is -2.14. The van der Waals surface area contributed by atoms with Gasteiger partial charge in [-0.05, 0) is 41.3 Å². The number of nitro benzene ring substituents is 1. The summed E-state index contributed by atoms with van der Waals surface area (Å²) in [5.41, 5.74) is 3.19. The Morgan fingerprint density at radius 1 is 1.00 bits per heavy atom. The third kappa shape index (κ3) is 4.23. The topological polar surface area (TPSA) is 87.3 Å². The summed E-state index contributed by atoms with van der Waals surface area (Å²) in [5.74, 6) is 1.48. The molecular weight excluding hydrogens is 406 g/mol. The lowest BCUT2D eigenvalue weighted by molar-refractivity contribution is -0.384. The molecule has 0 radical (unpaired) electrons. The number of fused-ring (bicyclic) bond motifs is 1. The van der Waals surface area contributed by atoms with Gasteiger partial charge >= 0.3 is 0 Å². The lowest BCUT2D eigenvalue weighted by atomic mass is 10.0. The van der Waals surface area contributed by atoms with Crippen LogP contribution in [0, 0.1) is 10.1 Å². The van der Waals surface area contributed by atoms with Crippen molar-refractivity contribution in [3.63, 3.8) is 0 Å². The molecule has 32 heavy (non-hydrogen) atoms. The molecule has 0 bridgehead atoms. The molecule has 4 aromatic rings. The van der Waals surface area contributed by atoms with E-state index in [1.165, 1.54) is 12.1 Å². The molecule has 0 amide bonds. The summed E-state index contributed by atoms with van der Waals surface area (Å²) >= 11 is 0. The molecule has 0 aliphatic heterocycles. The summed E-state index contributed by atoms with van der Waals surface area (Å²) in [7, 11) is 1.64. The molecule has 0 atom stereocenters. The van der Waals surface area contributed by atoms with Gasteiger partial charge in [-0.15, -0.1) is 0 Å². The fraction of sp³-hybridized carbons (Fsp3) is 0.200. The number of aryl methyl sites for hydroxylation is 1. The van der Waals surface area contributed by atoms with Crippen molar-refractivity contribution >= 4 is 16.6 Å². The number of benzene rings is 3. The van der Waals surface area contributed by atoms with Gasteiger partial charge in [-0.3, -0.25) is 19.5 Å². The number of ether oxygens (including phenoxy) is 1. The van der Waals surface area contributed by atoms with Crippen LogP contribution in [-0.2, 0) is 13.0 Å². The van der Waals surface area contributed by atoms with Crippen LogP contribution in [0.4, 0.5) is 5.69 Å². The zero-order valence-corrected chi connectivity index (χ0v) is 17.9. The van der Waals surface area contributed by atoms with Crippen molar-refractivity contribution in [2.75, 3.05) is 7.11 Å². The van der Waals surface area contributed by atoms with E-state index in [1.54, 1.807) is 17.7 Å². The highest BCUT2D eigenvalue weighted by Gasteiger charge is 2.15. The van der Waals surface area contributed by atoms with Crippen molar-refractivity contribution < 1.29 is 9.66 Å². The molecule has 0 aliphatic rings. The number of hydrogen-bond acceptors (Lipinski definition) is 5. The van der Waals surface area contributed by atoms with Crippen molar-refractivity contribution in [2.45, 2.75) is 26.3 Å². The second-order valence-electron chi connectivity index (χ2n) is 7.55. The molecule has 0 N–H and O–H groups in total. The molecule has 0 saturated heterocycles. The van der Waals surface area contributed by atoms with Crippen molar-refractivity contribution in [3.05, 3.63) is 98.6 Å². The minimum atomic E-state index is -0.499. The van der Waals surface area contributed by atoms with Crippen molar-refractivity contribution in [3.8, 4) is 16.9 Å². The van der Waals surface area contributed by atoms with Gasteiger partial charge in [0.25, 0.3) is 11.2 Å². The summed E-state index contributed by atoms with van der Waals surface area (Å²) in [5, 5.41) is 11.4. The molecule has 4 rings (SSSR count). The summed E-state index contributed by atoms with van der Waals surface area (Å²) in [6, 6.07) is 20.1. The zero-order valence-electron chi connectivity index (χ0n) is 17.9. The average Bonchev–Trinajstić information content (AvgIpc) is 2.82. The van der Waals surface area contributed by atoms with Gasteiger partial charge in [0.1, 0.15) is 11.6 Å². The largest absolute Gasteiger partial charge is 0.497 e. The number of rotatable bonds is 7. The molecule has 0 saturated carbocycles. The smallest absolute Gasteiger partial charge is 0.270 e. The Labute approximate surface area is 185 Å². The van der Waals surface area contributed by atoms with Crippen LogP contribution in [0.25, 0.3) is 22.0 Å². The first-order valence-electron chi connectivity index (χ1n) is 10.4. The lowest BCUT2D eigenvalue weighted by Crippen LogP contribution is -2.26. The molecule has 0 unspecified atom stereocenters. The van der Waals surface area contributed by atoms with Crippen LogP contribution < -0.4 is 10.3 Å². The number of non-ortho nitro benzene ring substituents is 1. The van der Waals surface area contributed by atoms with Gasteiger partial charge in [-0.2, -0.15) is 0 Å². The first-order valence-corrected chi connectivity index (χ1v) is 10.4. The summed E-state index contributed by atoms with van der Waals surface area (Å²) in [4.78, 5) is 28.5. The standard InChI is InChI=1S/C25H23N3O4/c1-3-4-24-26-23-14-11-20(28(30)31)15-22(23)25(29)27(24)16-17-5-7-18(8-6-17)19-9-12-21(32-2)13-10-19/h5-15H,3-4,16H2,1-2H3. The maximum atomic E-state index is 13.2. The first-order chi connectivity index (χ1) is 15.5. The third-order valence-electron chi connectivity index (χ3n) is 5.42. The maximum Gasteiger partial charge on any atom is 0.270 e. The van der Waals surface area contributed by atoms with Crippen LogP contribution >= 0.6 is 0 Å². The van der Waals surface area contributed by atoms with Crippen LogP contribution in [0.1, 0.15) is 24.7 Å². The molecule has 1 aromatic heterocycles. The SMILES string of the molecule is CCCc1nc2ccc([N+](=O)[O-])cc2c(=O)n1Cc1ccc(-c2ccc(OC)cc2)cc1. The Kier molecular flexibility index (Phi) is 5.98. The van der Waals surface area contributed by atoms with Gasteiger partial charge in [0.2, 0.25) is 0 Å². The molecule has 0 fully saturated rings. The van der Waals surface area contributed by atoms with E-state index < -0.39 is 4.92 Å². The number of nitro groups is 1. The Hall–Kier alpha value is -4.00. The molecule has 162 valence electrons. The highest BCUT2D eigenvalue weighted by atomic mass is 16.6. The predicted octanol–water partition coefficient (Wildman–Crippen LogP) is 4.98. The first kappa shape index (κ1) is 21.2. The highest BCUT2D eigenvalue weighted by molar-refractivity contribution is 5.80. The van der Waals surface area contributed by atoms with Gasteiger partial charge in [0.05, 0.1) is 29.5 Å². The average molecular weight is 429 g/mol. The number of aromatic nitrogens is 2. The molecular formula is C25H23N3O4. The second-order valence-corrected chi connectivity index (χ2v) is 7.55. The van der Waals surface area contributed by atoms with E-state index >= 15 is 0 Å². The van der Waals surface area contributed by atoms with E-state index in [0.717, 1.165) is 28.9 Å². The van der Waals surface area contributed by atoms with Crippen LogP contribution in [0.3, 0.4) is 0 Å². The maximum absolute atomic E-state index is 13.2. The van der Waals surface area contributed by atoms with Crippen LogP contribution in [0.5, 0.6) is 5.75 Å². The fourth-order valence-electron chi connectivity index (χ4n) is 3.71. The Morgan fingerprint density at radius 2 is 1.66 bits per heavy atom. The van der Waals surface area contributed by atoms with E-state index in [9.17, 15) is 14.9 Å². The zero-order chi connectivity index (χ0) is 22.7. The second kappa shape index (κ2) is 9.01. The molecule has 7 nitrogen and oxygen atoms in total. The van der Waals surface area contributed by atoms with E-state index in [2.05, 4.69) is 4.98 Å². The highest BCUT2D eigenvalue weighted by Crippen LogP contribution is 2.23.